The summed E-state index contributed by atoms with van der Waals surface area (Å²) in [7, 11) is 0. The normalized spacial score (nSPS) is 14.2. The summed E-state index contributed by atoms with van der Waals surface area (Å²) in [5.74, 6) is -1.73. The van der Waals surface area contributed by atoms with Crippen LogP contribution in [0.1, 0.15) is 32.9 Å². The molecule has 0 radical (unpaired) electrons. The number of carbonyl (C=O) groups excluding carboxylic acids is 1. The molecule has 4 nitrogen and oxygen atoms in total. The lowest BCUT2D eigenvalue weighted by Gasteiger charge is -2.36. The van der Waals surface area contributed by atoms with E-state index >= 15 is 0 Å². The zero-order chi connectivity index (χ0) is 23.0. The van der Waals surface area contributed by atoms with Crippen LogP contribution in [0.4, 0.5) is 18.9 Å². The molecule has 2 heterocycles. The number of benzene rings is 2. The Bertz CT molecular complexity index is 1140. The molecule has 0 spiro atoms. The number of hydrogen-bond acceptors (Lipinski definition) is 2. The topological polar surface area (TPSA) is 28.5 Å². The lowest BCUT2D eigenvalue weighted by Crippen LogP contribution is -2.49. The summed E-state index contributed by atoms with van der Waals surface area (Å²) >= 11 is 0. The number of carbonyl (C=O) groups is 1. The molecule has 0 saturated carbocycles. The van der Waals surface area contributed by atoms with Gasteiger partial charge >= 0.3 is 0 Å². The fourth-order valence-electron chi connectivity index (χ4n) is 4.34. The maximum atomic E-state index is 14.3. The number of anilines is 1. The minimum atomic E-state index is -0.634. The third-order valence-corrected chi connectivity index (χ3v) is 6.48. The Labute approximate surface area is 185 Å². The van der Waals surface area contributed by atoms with Gasteiger partial charge in [-0.05, 0) is 56.2 Å². The molecule has 7 heteroatoms. The first kappa shape index (κ1) is 22.0. The van der Waals surface area contributed by atoms with Gasteiger partial charge in [0.05, 0.1) is 12.2 Å². The third-order valence-electron chi connectivity index (χ3n) is 6.48. The van der Waals surface area contributed by atoms with Gasteiger partial charge in [0, 0.05) is 37.4 Å². The molecule has 4 rings (SSSR count). The van der Waals surface area contributed by atoms with Gasteiger partial charge in [0.2, 0.25) is 0 Å². The van der Waals surface area contributed by atoms with Crippen LogP contribution in [0.15, 0.2) is 42.5 Å². The van der Waals surface area contributed by atoms with Crippen molar-refractivity contribution in [2.75, 3.05) is 31.1 Å². The molecule has 0 atom stereocenters. The first-order chi connectivity index (χ1) is 15.3. The number of aromatic nitrogens is 1. The van der Waals surface area contributed by atoms with E-state index in [0.29, 0.717) is 37.6 Å². The Hall–Kier alpha value is -3.22. The number of hydrogen-bond donors (Lipinski definition) is 0. The molecule has 168 valence electrons. The fraction of sp³-hybridized carbons (Fsp3) is 0.320. The largest absolute Gasteiger partial charge is 0.366 e. The third kappa shape index (κ3) is 3.87. The number of halogens is 3. The van der Waals surface area contributed by atoms with Crippen LogP contribution < -0.4 is 4.90 Å². The maximum absolute atomic E-state index is 14.3. The molecule has 32 heavy (non-hydrogen) atoms. The van der Waals surface area contributed by atoms with Crippen LogP contribution in [0.5, 0.6) is 0 Å². The van der Waals surface area contributed by atoms with E-state index < -0.39 is 11.6 Å². The second-order valence-electron chi connectivity index (χ2n) is 8.20. The molecule has 1 aliphatic rings. The van der Waals surface area contributed by atoms with E-state index in [-0.39, 0.29) is 23.8 Å². The predicted molar refractivity (Wildman–Crippen MR) is 119 cm³/mol. The van der Waals surface area contributed by atoms with Crippen LogP contribution in [-0.4, -0.2) is 41.6 Å². The smallest absolute Gasteiger partial charge is 0.270 e. The van der Waals surface area contributed by atoms with Crippen LogP contribution >= 0.6 is 0 Å². The van der Waals surface area contributed by atoms with Crippen molar-refractivity contribution in [2.24, 2.45) is 0 Å². The summed E-state index contributed by atoms with van der Waals surface area (Å²) in [6.07, 6.45) is 0. The summed E-state index contributed by atoms with van der Waals surface area (Å²) < 4.78 is 44.5. The SMILES string of the molecule is Cc1c(C)c(C(=O)N2CCN(c3ccccc3F)CC2)n(Cc2c(F)cccc2F)c1C. The summed E-state index contributed by atoms with van der Waals surface area (Å²) in [5, 5.41) is 0. The van der Waals surface area contributed by atoms with Crippen molar-refractivity contribution in [3.63, 3.8) is 0 Å². The van der Waals surface area contributed by atoms with Gasteiger partial charge < -0.3 is 14.4 Å². The van der Waals surface area contributed by atoms with E-state index in [2.05, 4.69) is 0 Å². The van der Waals surface area contributed by atoms with Crippen molar-refractivity contribution < 1.29 is 18.0 Å². The van der Waals surface area contributed by atoms with E-state index in [4.69, 9.17) is 0 Å². The van der Waals surface area contributed by atoms with Crippen molar-refractivity contribution in [1.82, 2.24) is 9.47 Å². The summed E-state index contributed by atoms with van der Waals surface area (Å²) in [6, 6.07) is 10.4. The lowest BCUT2D eigenvalue weighted by molar-refractivity contribution is 0.0735. The number of piperazine rings is 1. The van der Waals surface area contributed by atoms with Crippen LogP contribution in [0.25, 0.3) is 0 Å². The average Bonchev–Trinajstić information content (AvgIpc) is 3.00. The maximum Gasteiger partial charge on any atom is 0.270 e. The van der Waals surface area contributed by atoms with Crippen LogP contribution in [-0.2, 0) is 6.54 Å². The molecule has 1 fully saturated rings. The number of rotatable bonds is 4. The number of amides is 1. The van der Waals surface area contributed by atoms with Crippen molar-refractivity contribution >= 4 is 11.6 Å². The quantitative estimate of drug-likeness (QED) is 0.580. The summed E-state index contributed by atoms with van der Waals surface area (Å²) in [5.41, 5.74) is 3.45. The van der Waals surface area contributed by atoms with Crippen molar-refractivity contribution in [3.8, 4) is 0 Å². The van der Waals surface area contributed by atoms with E-state index in [1.807, 2.05) is 25.7 Å². The van der Waals surface area contributed by atoms with Crippen LogP contribution in [0.2, 0.25) is 0 Å². The Kier molecular flexibility index (Phi) is 6.00. The Morgan fingerprint density at radius 2 is 1.41 bits per heavy atom. The Balaban J connectivity index is 1.59. The van der Waals surface area contributed by atoms with Gasteiger partial charge in [-0.25, -0.2) is 13.2 Å². The Morgan fingerprint density at radius 3 is 2.03 bits per heavy atom. The van der Waals surface area contributed by atoms with E-state index in [0.717, 1.165) is 16.8 Å². The molecular formula is C25H26F3N3O. The van der Waals surface area contributed by atoms with Crippen molar-refractivity contribution in [3.05, 3.63) is 88.0 Å². The molecule has 1 amide bonds. The molecule has 1 aliphatic heterocycles. The van der Waals surface area contributed by atoms with E-state index in [1.165, 1.54) is 24.3 Å². The van der Waals surface area contributed by atoms with Gasteiger partial charge in [-0.2, -0.15) is 0 Å². The standard InChI is InChI=1S/C25H26F3N3O/c1-16-17(2)24(31(18(16)3)15-19-20(26)8-6-9-21(19)27)25(32)30-13-11-29(12-14-30)23-10-5-4-7-22(23)28/h4-10H,11-15H2,1-3H3. The molecule has 3 aromatic rings. The second kappa shape index (κ2) is 8.73. The second-order valence-corrected chi connectivity index (χ2v) is 8.20. The number of nitrogens with zero attached hydrogens (tertiary/aromatic N) is 3. The van der Waals surface area contributed by atoms with Gasteiger partial charge in [-0.15, -0.1) is 0 Å². The first-order valence-electron chi connectivity index (χ1n) is 10.7. The van der Waals surface area contributed by atoms with Gasteiger partial charge in [0.1, 0.15) is 23.1 Å². The highest BCUT2D eigenvalue weighted by atomic mass is 19.1. The van der Waals surface area contributed by atoms with Crippen LogP contribution in [0, 0.1) is 38.2 Å². The van der Waals surface area contributed by atoms with Gasteiger partial charge in [-0.3, -0.25) is 4.79 Å². The lowest BCUT2D eigenvalue weighted by atomic mass is 10.1. The minimum Gasteiger partial charge on any atom is -0.366 e. The van der Waals surface area contributed by atoms with Gasteiger partial charge in [-0.1, -0.05) is 18.2 Å². The summed E-state index contributed by atoms with van der Waals surface area (Å²) in [6.45, 7) is 7.45. The molecule has 0 unspecified atom stereocenters. The highest BCUT2D eigenvalue weighted by Crippen LogP contribution is 2.27. The van der Waals surface area contributed by atoms with Crippen LogP contribution in [0.3, 0.4) is 0 Å². The zero-order valence-electron chi connectivity index (χ0n) is 18.5. The molecule has 1 saturated heterocycles. The Morgan fingerprint density at radius 1 is 0.812 bits per heavy atom. The first-order valence-corrected chi connectivity index (χ1v) is 10.7. The molecular weight excluding hydrogens is 415 g/mol. The molecule has 0 N–H and O–H groups in total. The minimum absolute atomic E-state index is 0.0602. The van der Waals surface area contributed by atoms with Gasteiger partial charge in [0.15, 0.2) is 0 Å². The summed E-state index contributed by atoms with van der Waals surface area (Å²) in [4.78, 5) is 17.2. The highest BCUT2D eigenvalue weighted by molar-refractivity contribution is 5.95. The number of para-hydroxylation sites is 1. The van der Waals surface area contributed by atoms with Gasteiger partial charge in [0.25, 0.3) is 5.91 Å². The van der Waals surface area contributed by atoms with Crippen molar-refractivity contribution in [1.29, 1.82) is 0 Å². The zero-order valence-corrected chi connectivity index (χ0v) is 18.5. The highest BCUT2D eigenvalue weighted by Gasteiger charge is 2.29. The average molecular weight is 441 g/mol. The van der Waals surface area contributed by atoms with E-state index in [9.17, 15) is 18.0 Å². The molecule has 0 aliphatic carbocycles. The van der Waals surface area contributed by atoms with E-state index in [1.54, 1.807) is 27.7 Å². The van der Waals surface area contributed by atoms with Crippen molar-refractivity contribution in [2.45, 2.75) is 27.3 Å². The molecule has 2 aromatic carbocycles. The fourth-order valence-corrected chi connectivity index (χ4v) is 4.34. The molecule has 0 bridgehead atoms. The molecule has 1 aromatic heterocycles. The monoisotopic (exact) mass is 441 g/mol. The predicted octanol–water partition coefficient (Wildman–Crippen LogP) is 4.84.